The van der Waals surface area contributed by atoms with Crippen molar-refractivity contribution in [1.29, 1.82) is 10.5 Å². The first-order valence-corrected chi connectivity index (χ1v) is 8.41. The molecule has 8 nitrogen and oxygen atoms in total. The van der Waals surface area contributed by atoms with Crippen molar-refractivity contribution in [3.8, 4) is 12.1 Å². The second-order valence-electron chi connectivity index (χ2n) is 5.23. The maximum absolute atomic E-state index is 12.8. The summed E-state index contributed by atoms with van der Waals surface area (Å²) in [6.07, 6.45) is 0. The summed E-state index contributed by atoms with van der Waals surface area (Å²) in [7, 11) is -4.36. The lowest BCUT2D eigenvalue weighted by Gasteiger charge is -2.10. The first kappa shape index (κ1) is 18.6. The van der Waals surface area contributed by atoms with Crippen LogP contribution in [0.4, 0.5) is 0 Å². The Kier molecular flexibility index (Phi) is 4.78. The average molecular weight is 370 g/mol. The lowest BCUT2D eigenvalue weighted by molar-refractivity contribution is 0.0696. The highest BCUT2D eigenvalue weighted by Crippen LogP contribution is 2.27. The topological polar surface area (TPSA) is 156 Å². The van der Waals surface area contributed by atoms with Gasteiger partial charge in [-0.25, -0.2) is 18.0 Å². The molecule has 0 saturated carbocycles. The highest BCUT2D eigenvalue weighted by atomic mass is 32.2. The molecule has 0 aliphatic rings. The van der Waals surface area contributed by atoms with E-state index in [4.69, 9.17) is 20.7 Å². The van der Waals surface area contributed by atoms with Crippen LogP contribution in [0.3, 0.4) is 0 Å². The number of hydrogen-bond donors (Lipinski definition) is 2. The van der Waals surface area contributed by atoms with Crippen LogP contribution in [0, 0.1) is 29.6 Å². The van der Waals surface area contributed by atoms with Gasteiger partial charge < -0.3 is 10.2 Å². The minimum Gasteiger partial charge on any atom is -0.478 e. The molecule has 9 heteroatoms. The Hall–Kier alpha value is -3.69. The van der Waals surface area contributed by atoms with Gasteiger partial charge in [-0.05, 0) is 42.8 Å². The number of aromatic carboxylic acids is 2. The minimum atomic E-state index is -4.36. The van der Waals surface area contributed by atoms with Crippen molar-refractivity contribution in [2.45, 2.75) is 16.7 Å². The lowest BCUT2D eigenvalue weighted by atomic mass is 10.0. The quantitative estimate of drug-likeness (QED) is 0.827. The van der Waals surface area contributed by atoms with Crippen LogP contribution in [0.15, 0.2) is 40.1 Å². The van der Waals surface area contributed by atoms with Crippen molar-refractivity contribution in [3.63, 3.8) is 0 Å². The Bertz CT molecular complexity index is 1070. The molecule has 0 aromatic heterocycles. The van der Waals surface area contributed by atoms with Crippen molar-refractivity contribution in [3.05, 3.63) is 58.1 Å². The predicted molar refractivity (Wildman–Crippen MR) is 86.4 cm³/mol. The van der Waals surface area contributed by atoms with Gasteiger partial charge in [0.15, 0.2) is 0 Å². The van der Waals surface area contributed by atoms with Crippen molar-refractivity contribution in [2.24, 2.45) is 0 Å². The van der Waals surface area contributed by atoms with Crippen molar-refractivity contribution in [2.75, 3.05) is 0 Å². The van der Waals surface area contributed by atoms with Crippen LogP contribution >= 0.6 is 0 Å². The fourth-order valence-electron chi connectivity index (χ4n) is 2.21. The van der Waals surface area contributed by atoms with Gasteiger partial charge in [-0.1, -0.05) is 0 Å². The van der Waals surface area contributed by atoms with E-state index in [1.165, 1.54) is 6.92 Å². The van der Waals surface area contributed by atoms with Crippen LogP contribution in [-0.2, 0) is 9.84 Å². The van der Waals surface area contributed by atoms with E-state index in [1.54, 1.807) is 12.1 Å². The summed E-state index contributed by atoms with van der Waals surface area (Å²) >= 11 is 0. The number of hydrogen-bond acceptors (Lipinski definition) is 6. The van der Waals surface area contributed by atoms with Gasteiger partial charge >= 0.3 is 11.9 Å². The Morgan fingerprint density at radius 3 is 1.58 bits per heavy atom. The molecule has 2 aromatic rings. The monoisotopic (exact) mass is 370 g/mol. The van der Waals surface area contributed by atoms with Gasteiger partial charge in [-0.15, -0.1) is 0 Å². The van der Waals surface area contributed by atoms with E-state index in [1.807, 2.05) is 0 Å². The number of carbonyl (C=O) groups is 2. The molecule has 26 heavy (non-hydrogen) atoms. The van der Waals surface area contributed by atoms with E-state index in [0.29, 0.717) is 5.56 Å². The first-order valence-electron chi connectivity index (χ1n) is 6.93. The molecule has 2 rings (SSSR count). The number of carboxylic acid groups (broad SMARTS) is 2. The Labute approximate surface area is 148 Å². The third kappa shape index (κ3) is 3.24. The molecule has 2 N–H and O–H groups in total. The zero-order chi connectivity index (χ0) is 19.6. The molecule has 0 spiro atoms. The van der Waals surface area contributed by atoms with Gasteiger partial charge in [0.2, 0.25) is 9.84 Å². The van der Waals surface area contributed by atoms with Gasteiger partial charge in [0.05, 0.1) is 44.2 Å². The zero-order valence-corrected chi connectivity index (χ0v) is 14.0. The number of sulfone groups is 1. The molecule has 0 unspecified atom stereocenters. The molecule has 0 amide bonds. The van der Waals surface area contributed by atoms with E-state index in [9.17, 15) is 18.0 Å². The Balaban J connectivity index is 2.81. The molecule has 0 radical (unpaired) electrons. The van der Waals surface area contributed by atoms with E-state index < -0.39 is 42.7 Å². The fourth-order valence-corrected chi connectivity index (χ4v) is 3.59. The second-order valence-corrected chi connectivity index (χ2v) is 7.18. The normalized spacial score (nSPS) is 10.6. The maximum Gasteiger partial charge on any atom is 0.335 e. The molecule has 0 saturated heterocycles. The molecule has 130 valence electrons. The summed E-state index contributed by atoms with van der Waals surface area (Å²) in [5.74, 6) is -2.99. The summed E-state index contributed by atoms with van der Waals surface area (Å²) in [5.41, 5.74) is -0.793. The molecule has 0 aliphatic carbocycles. The SMILES string of the molecule is Cc1c(C#N)cc(S(=O)(=O)c2cc(C(=O)O)cc(C(=O)O)c2)cc1C#N. The second kappa shape index (κ2) is 6.67. The van der Waals surface area contributed by atoms with Crippen LogP contribution in [0.25, 0.3) is 0 Å². The summed E-state index contributed by atoms with van der Waals surface area (Å²) in [5, 5.41) is 36.4. The van der Waals surface area contributed by atoms with Gasteiger partial charge in [0.1, 0.15) is 0 Å². The Morgan fingerprint density at radius 1 is 0.846 bits per heavy atom. The summed E-state index contributed by atoms with van der Waals surface area (Å²) in [4.78, 5) is 21.4. The summed E-state index contributed by atoms with van der Waals surface area (Å²) in [6.45, 7) is 1.49. The van der Waals surface area contributed by atoms with E-state index >= 15 is 0 Å². The van der Waals surface area contributed by atoms with Crippen LogP contribution in [-0.4, -0.2) is 30.6 Å². The van der Waals surface area contributed by atoms with Gasteiger partial charge in [-0.2, -0.15) is 10.5 Å². The lowest BCUT2D eigenvalue weighted by Crippen LogP contribution is -2.09. The third-order valence-electron chi connectivity index (χ3n) is 3.64. The van der Waals surface area contributed by atoms with Gasteiger partial charge in [-0.3, -0.25) is 0 Å². The van der Waals surface area contributed by atoms with E-state index in [-0.39, 0.29) is 11.1 Å². The smallest absolute Gasteiger partial charge is 0.335 e. The van der Waals surface area contributed by atoms with E-state index in [2.05, 4.69) is 0 Å². The third-order valence-corrected chi connectivity index (χ3v) is 5.36. The van der Waals surface area contributed by atoms with Gasteiger partial charge in [0, 0.05) is 0 Å². The molecule has 0 fully saturated rings. The largest absolute Gasteiger partial charge is 0.478 e. The molecular weight excluding hydrogens is 360 g/mol. The first-order chi connectivity index (χ1) is 12.1. The van der Waals surface area contributed by atoms with Gasteiger partial charge in [0.25, 0.3) is 0 Å². The molecule has 0 atom stereocenters. The Morgan fingerprint density at radius 2 is 1.23 bits per heavy atom. The van der Waals surface area contributed by atoms with E-state index in [0.717, 1.165) is 30.3 Å². The van der Waals surface area contributed by atoms with Crippen LogP contribution < -0.4 is 0 Å². The summed E-state index contributed by atoms with van der Waals surface area (Å²) in [6, 6.07) is 8.17. The summed E-state index contributed by atoms with van der Waals surface area (Å²) < 4.78 is 25.7. The van der Waals surface area contributed by atoms with Crippen molar-refractivity contribution >= 4 is 21.8 Å². The van der Waals surface area contributed by atoms with Crippen LogP contribution in [0.1, 0.15) is 37.4 Å². The molecule has 2 aromatic carbocycles. The highest BCUT2D eigenvalue weighted by molar-refractivity contribution is 7.91. The van der Waals surface area contributed by atoms with Crippen LogP contribution in [0.5, 0.6) is 0 Å². The average Bonchev–Trinajstić information content (AvgIpc) is 2.61. The maximum atomic E-state index is 12.8. The minimum absolute atomic E-state index is 0.0320. The number of rotatable bonds is 4. The molecular formula is C17H10N2O6S. The standard InChI is InChI=1S/C17H10N2O6S/c1-9-12(7-18)5-15(6-13(9)8-19)26(24,25)14-3-10(16(20)21)2-11(4-14)17(22)23/h2-6H,1H3,(H,20,21)(H,22,23). The number of nitrogens with zero attached hydrogens (tertiary/aromatic N) is 2. The highest BCUT2D eigenvalue weighted by Gasteiger charge is 2.24. The molecule has 0 heterocycles. The molecule has 0 bridgehead atoms. The number of benzene rings is 2. The fraction of sp³-hybridized carbons (Fsp3) is 0.0588. The zero-order valence-electron chi connectivity index (χ0n) is 13.2. The van der Waals surface area contributed by atoms with Crippen molar-refractivity contribution in [1.82, 2.24) is 0 Å². The number of nitriles is 2. The predicted octanol–water partition coefficient (Wildman–Crippen LogP) is 1.97. The van der Waals surface area contributed by atoms with Crippen molar-refractivity contribution < 1.29 is 28.2 Å². The molecule has 0 aliphatic heterocycles. The van der Waals surface area contributed by atoms with Crippen LogP contribution in [0.2, 0.25) is 0 Å². The number of carboxylic acids is 2.